The molecule has 1 unspecified atom stereocenters. The Kier molecular flexibility index (Phi) is 5.71. The predicted octanol–water partition coefficient (Wildman–Crippen LogP) is 2.67. The van der Waals surface area contributed by atoms with E-state index in [1.807, 2.05) is 12.1 Å². The second-order valence-corrected chi connectivity index (χ2v) is 5.39. The number of fused-ring (bicyclic) bond motifs is 1. The zero-order chi connectivity index (χ0) is 14.2. The molecule has 1 aromatic rings. The smallest absolute Gasteiger partial charge is 0.270 e. The van der Waals surface area contributed by atoms with Crippen LogP contribution in [0.15, 0.2) is 18.3 Å². The summed E-state index contributed by atoms with van der Waals surface area (Å²) in [6.45, 7) is 0. The van der Waals surface area contributed by atoms with Crippen LogP contribution in [0.1, 0.15) is 61.0 Å². The van der Waals surface area contributed by atoms with Crippen LogP contribution in [0.3, 0.4) is 0 Å². The van der Waals surface area contributed by atoms with Gasteiger partial charge in [0, 0.05) is 6.20 Å². The van der Waals surface area contributed by atoms with E-state index in [1.54, 1.807) is 6.20 Å². The third kappa shape index (κ3) is 4.15. The van der Waals surface area contributed by atoms with Crippen LogP contribution in [0.25, 0.3) is 0 Å². The maximum absolute atomic E-state index is 12.2. The van der Waals surface area contributed by atoms with Gasteiger partial charge in [-0.05, 0) is 30.9 Å². The molecule has 0 aromatic carbocycles. The fourth-order valence-electron chi connectivity index (χ4n) is 2.64. The molecule has 0 saturated heterocycles. The number of aryl methyl sites for hydroxylation is 1. The van der Waals surface area contributed by atoms with E-state index in [0.717, 1.165) is 44.0 Å². The highest BCUT2D eigenvalue weighted by molar-refractivity contribution is 5.95. The Balaban J connectivity index is 2.16. The molecule has 4 heteroatoms. The molecule has 1 aromatic heterocycles. The van der Waals surface area contributed by atoms with Crippen molar-refractivity contribution in [3.05, 3.63) is 29.6 Å². The van der Waals surface area contributed by atoms with Gasteiger partial charge in [0.15, 0.2) is 0 Å². The van der Waals surface area contributed by atoms with Crippen molar-refractivity contribution in [2.24, 2.45) is 0 Å². The van der Waals surface area contributed by atoms with Gasteiger partial charge in [-0.2, -0.15) is 0 Å². The number of pyridine rings is 1. The molecule has 0 aliphatic carbocycles. The van der Waals surface area contributed by atoms with Crippen molar-refractivity contribution in [3.8, 4) is 0 Å². The second-order valence-electron chi connectivity index (χ2n) is 5.39. The number of aldehydes is 1. The Hall–Kier alpha value is -1.71. The van der Waals surface area contributed by atoms with Gasteiger partial charge in [0.05, 0.1) is 6.04 Å². The van der Waals surface area contributed by atoms with Gasteiger partial charge in [-0.25, -0.2) is 0 Å². The molecule has 0 spiro atoms. The summed E-state index contributed by atoms with van der Waals surface area (Å²) in [5.74, 6) is -0.225. The van der Waals surface area contributed by atoms with E-state index in [0.29, 0.717) is 5.69 Å². The molecule has 0 bridgehead atoms. The number of carbonyl (C=O) groups excluding carboxylic acids is 2. The normalized spacial score (nSPS) is 21.6. The number of nitrogens with one attached hydrogen (secondary N) is 1. The molecule has 1 atom stereocenters. The number of rotatable bonds is 1. The van der Waals surface area contributed by atoms with Crippen LogP contribution in [0.5, 0.6) is 0 Å². The lowest BCUT2D eigenvalue weighted by molar-refractivity contribution is -0.109. The van der Waals surface area contributed by atoms with Crippen molar-refractivity contribution < 1.29 is 9.59 Å². The van der Waals surface area contributed by atoms with Crippen molar-refractivity contribution in [3.63, 3.8) is 0 Å². The maximum atomic E-state index is 12.2. The topological polar surface area (TPSA) is 59.1 Å². The summed E-state index contributed by atoms with van der Waals surface area (Å²) < 4.78 is 0. The van der Waals surface area contributed by atoms with Crippen LogP contribution >= 0.6 is 0 Å². The van der Waals surface area contributed by atoms with Gasteiger partial charge in [-0.15, -0.1) is 0 Å². The number of amides is 1. The van der Waals surface area contributed by atoms with Crippen LogP contribution in [-0.2, 0) is 11.2 Å². The molecular weight excluding hydrogens is 252 g/mol. The molecule has 20 heavy (non-hydrogen) atoms. The fraction of sp³-hybridized carbons (Fsp3) is 0.562. The quantitative estimate of drug-likeness (QED) is 0.801. The lowest BCUT2D eigenvalue weighted by atomic mass is 10.0. The second kappa shape index (κ2) is 7.78. The largest absolute Gasteiger partial charge is 0.341 e. The number of hydrogen-bond acceptors (Lipinski definition) is 3. The van der Waals surface area contributed by atoms with Crippen LogP contribution in [0, 0.1) is 0 Å². The highest BCUT2D eigenvalue weighted by atomic mass is 16.2. The van der Waals surface area contributed by atoms with E-state index >= 15 is 0 Å². The minimum absolute atomic E-state index is 0.225. The first kappa shape index (κ1) is 14.7. The van der Waals surface area contributed by atoms with Gasteiger partial charge in [-0.1, -0.05) is 38.2 Å². The van der Waals surface area contributed by atoms with E-state index in [2.05, 4.69) is 10.3 Å². The summed E-state index contributed by atoms with van der Waals surface area (Å²) in [5.41, 5.74) is 1.45. The molecule has 0 radical (unpaired) electrons. The van der Waals surface area contributed by atoms with Crippen molar-refractivity contribution in [2.45, 2.75) is 57.4 Å². The summed E-state index contributed by atoms with van der Waals surface area (Å²) >= 11 is 0. The van der Waals surface area contributed by atoms with Crippen LogP contribution < -0.4 is 5.32 Å². The van der Waals surface area contributed by atoms with E-state index in [-0.39, 0.29) is 5.91 Å². The first-order valence-electron chi connectivity index (χ1n) is 7.51. The fourth-order valence-corrected chi connectivity index (χ4v) is 2.64. The first-order chi connectivity index (χ1) is 9.81. The van der Waals surface area contributed by atoms with Crippen LogP contribution in [0.2, 0.25) is 0 Å². The molecule has 2 heterocycles. The molecule has 1 aliphatic heterocycles. The third-order valence-electron chi connectivity index (χ3n) is 3.80. The third-order valence-corrected chi connectivity index (χ3v) is 3.80. The maximum Gasteiger partial charge on any atom is 0.270 e. The molecular formula is C16H22N2O2. The lowest BCUT2D eigenvalue weighted by Crippen LogP contribution is -2.36. The Morgan fingerprint density at radius 2 is 1.90 bits per heavy atom. The molecule has 4 nitrogen and oxygen atoms in total. The first-order valence-corrected chi connectivity index (χ1v) is 7.51. The van der Waals surface area contributed by atoms with Gasteiger partial charge in [0.25, 0.3) is 5.91 Å². The Bertz CT molecular complexity index is 460. The van der Waals surface area contributed by atoms with Crippen LogP contribution in [0.4, 0.5) is 0 Å². The minimum Gasteiger partial charge on any atom is -0.341 e. The summed E-state index contributed by atoms with van der Waals surface area (Å²) in [4.78, 5) is 27.5. The van der Waals surface area contributed by atoms with Gasteiger partial charge in [0.1, 0.15) is 12.0 Å². The van der Waals surface area contributed by atoms with Crippen molar-refractivity contribution in [2.75, 3.05) is 0 Å². The van der Waals surface area contributed by atoms with E-state index in [9.17, 15) is 9.59 Å². The number of hydrogen-bond donors (Lipinski definition) is 1. The number of carbonyl (C=O) groups is 2. The molecule has 2 rings (SSSR count). The summed E-state index contributed by atoms with van der Waals surface area (Å²) in [6, 6.07) is 3.43. The van der Waals surface area contributed by atoms with Crippen molar-refractivity contribution in [1.29, 1.82) is 0 Å². The average Bonchev–Trinajstić information content (AvgIpc) is 2.49. The predicted molar refractivity (Wildman–Crippen MR) is 77.6 cm³/mol. The standard InChI is InChI=1S/C16H22N2O2/c19-12-14-10-6-4-2-1-3-5-8-13-9-7-11-17-15(13)16(20)18-14/h7,9,11-12,14H,1-6,8,10H2,(H,18,20). The van der Waals surface area contributed by atoms with E-state index in [1.165, 1.54) is 19.3 Å². The molecule has 0 fully saturated rings. The average molecular weight is 274 g/mol. The summed E-state index contributed by atoms with van der Waals surface area (Å²) in [5, 5.41) is 2.79. The Labute approximate surface area is 120 Å². The Morgan fingerprint density at radius 3 is 2.70 bits per heavy atom. The highest BCUT2D eigenvalue weighted by Crippen LogP contribution is 2.15. The molecule has 1 N–H and O–H groups in total. The lowest BCUT2D eigenvalue weighted by Gasteiger charge is -2.13. The van der Waals surface area contributed by atoms with Gasteiger partial charge >= 0.3 is 0 Å². The zero-order valence-corrected chi connectivity index (χ0v) is 11.8. The molecule has 1 aliphatic rings. The SMILES string of the molecule is O=CC1CCCCCCCCc2cccnc2C(=O)N1. The molecule has 108 valence electrons. The van der Waals surface area contributed by atoms with Crippen LogP contribution in [-0.4, -0.2) is 23.2 Å². The number of nitrogens with zero attached hydrogens (tertiary/aromatic N) is 1. The number of aromatic nitrogens is 1. The Morgan fingerprint density at radius 1 is 1.15 bits per heavy atom. The summed E-state index contributed by atoms with van der Waals surface area (Å²) in [7, 11) is 0. The highest BCUT2D eigenvalue weighted by Gasteiger charge is 2.17. The molecule has 1 amide bonds. The monoisotopic (exact) mass is 274 g/mol. The van der Waals surface area contributed by atoms with Gasteiger partial charge < -0.3 is 10.1 Å². The van der Waals surface area contributed by atoms with Gasteiger partial charge in [-0.3, -0.25) is 9.78 Å². The van der Waals surface area contributed by atoms with Crippen molar-refractivity contribution in [1.82, 2.24) is 10.3 Å². The minimum atomic E-state index is -0.391. The zero-order valence-electron chi connectivity index (χ0n) is 11.8. The summed E-state index contributed by atoms with van der Waals surface area (Å²) in [6.07, 6.45) is 10.9. The van der Waals surface area contributed by atoms with Gasteiger partial charge in [0.2, 0.25) is 0 Å². The molecule has 0 saturated carbocycles. The van der Waals surface area contributed by atoms with Crippen molar-refractivity contribution >= 4 is 12.2 Å². The van der Waals surface area contributed by atoms with E-state index < -0.39 is 6.04 Å². The van der Waals surface area contributed by atoms with E-state index in [4.69, 9.17) is 0 Å².